The highest BCUT2D eigenvalue weighted by molar-refractivity contribution is 6.30. The molecule has 5 heteroatoms. The summed E-state index contributed by atoms with van der Waals surface area (Å²) in [6, 6.07) is 5.43. The fraction of sp³-hybridized carbons (Fsp3) is 0.462. The molecule has 1 aromatic carbocycles. The van der Waals surface area contributed by atoms with E-state index in [1.54, 1.807) is 6.07 Å². The highest BCUT2D eigenvalue weighted by Gasteiger charge is 2.40. The third-order valence-electron chi connectivity index (χ3n) is 3.54. The Morgan fingerprint density at radius 2 is 2.33 bits per heavy atom. The van der Waals surface area contributed by atoms with E-state index in [-0.39, 0.29) is 10.8 Å². The van der Waals surface area contributed by atoms with Crippen LogP contribution in [-0.4, -0.2) is 37.0 Å². The molecule has 0 bridgehead atoms. The third kappa shape index (κ3) is 2.17. The fourth-order valence-corrected chi connectivity index (χ4v) is 2.44. The molecular formula is C13H15ClFN3. The van der Waals surface area contributed by atoms with Crippen LogP contribution in [0.5, 0.6) is 0 Å². The van der Waals surface area contributed by atoms with Gasteiger partial charge in [0.25, 0.3) is 0 Å². The maximum Gasteiger partial charge on any atom is 0.194 e. The lowest BCUT2D eigenvalue weighted by Crippen LogP contribution is -2.37. The van der Waals surface area contributed by atoms with Gasteiger partial charge < -0.3 is 10.2 Å². The van der Waals surface area contributed by atoms with E-state index in [1.807, 2.05) is 13.1 Å². The first-order valence-electron chi connectivity index (χ1n) is 6.12. The van der Waals surface area contributed by atoms with Crippen LogP contribution in [-0.2, 0) is 0 Å². The summed E-state index contributed by atoms with van der Waals surface area (Å²) in [5, 5.41) is 3.59. The second-order valence-electron chi connectivity index (χ2n) is 4.89. The number of guanidine groups is 1. The molecule has 2 atom stereocenters. The second kappa shape index (κ2) is 4.43. The van der Waals surface area contributed by atoms with Crippen molar-refractivity contribution in [3.8, 4) is 0 Å². The molecular weight excluding hydrogens is 253 g/mol. The molecule has 0 aromatic heterocycles. The van der Waals surface area contributed by atoms with Gasteiger partial charge in [-0.1, -0.05) is 17.7 Å². The van der Waals surface area contributed by atoms with Crippen molar-refractivity contribution in [2.75, 3.05) is 20.1 Å². The van der Waals surface area contributed by atoms with Crippen LogP contribution in [0.1, 0.15) is 17.9 Å². The van der Waals surface area contributed by atoms with Gasteiger partial charge in [0.05, 0.1) is 11.6 Å². The summed E-state index contributed by atoms with van der Waals surface area (Å²) in [4.78, 5) is 6.50. The molecule has 3 rings (SSSR count). The molecule has 3 nitrogen and oxygen atoms in total. The van der Waals surface area contributed by atoms with Crippen LogP contribution in [0.3, 0.4) is 0 Å². The lowest BCUT2D eigenvalue weighted by atomic mass is 10.1. The van der Waals surface area contributed by atoms with Crippen LogP contribution in [0.25, 0.3) is 0 Å². The smallest absolute Gasteiger partial charge is 0.194 e. The molecule has 1 aliphatic carbocycles. The predicted molar refractivity (Wildman–Crippen MR) is 70.6 cm³/mol. The van der Waals surface area contributed by atoms with Crippen molar-refractivity contribution >= 4 is 17.6 Å². The van der Waals surface area contributed by atoms with Crippen molar-refractivity contribution < 1.29 is 4.39 Å². The van der Waals surface area contributed by atoms with Gasteiger partial charge in [0.2, 0.25) is 0 Å². The quantitative estimate of drug-likeness (QED) is 0.890. The number of nitrogens with one attached hydrogen (secondary N) is 1. The fourth-order valence-electron chi connectivity index (χ4n) is 2.32. The third-order valence-corrected chi connectivity index (χ3v) is 3.84. The number of likely N-dealkylation sites (N-methyl/N-ethyl adjacent to an activating group) is 1. The molecule has 96 valence electrons. The molecule has 0 amide bonds. The van der Waals surface area contributed by atoms with Gasteiger partial charge in [-0.05, 0) is 24.1 Å². The molecule has 1 heterocycles. The number of rotatable bonds is 2. The van der Waals surface area contributed by atoms with E-state index < -0.39 is 0 Å². The molecule has 18 heavy (non-hydrogen) atoms. The Bertz CT molecular complexity index is 503. The van der Waals surface area contributed by atoms with Crippen molar-refractivity contribution in [3.05, 3.63) is 34.6 Å². The van der Waals surface area contributed by atoms with E-state index >= 15 is 0 Å². The highest BCUT2D eigenvalue weighted by Crippen LogP contribution is 2.41. The Kier molecular flexibility index (Phi) is 2.90. The van der Waals surface area contributed by atoms with Gasteiger partial charge in [0.15, 0.2) is 5.96 Å². The number of hydrogen-bond donors (Lipinski definition) is 1. The first-order valence-corrected chi connectivity index (χ1v) is 6.50. The molecule has 2 aliphatic rings. The number of hydrogen-bond acceptors (Lipinski definition) is 3. The van der Waals surface area contributed by atoms with Gasteiger partial charge in [-0.3, -0.25) is 4.99 Å². The number of nitrogens with zero attached hydrogens (tertiary/aromatic N) is 2. The molecule has 1 saturated carbocycles. The van der Waals surface area contributed by atoms with Gasteiger partial charge in [-0.15, -0.1) is 0 Å². The summed E-state index contributed by atoms with van der Waals surface area (Å²) in [6.07, 6.45) is 1.02. The second-order valence-corrected chi connectivity index (χ2v) is 5.30. The van der Waals surface area contributed by atoms with Crippen LogP contribution in [0.4, 0.5) is 4.39 Å². The maximum atomic E-state index is 13.4. The van der Waals surface area contributed by atoms with Gasteiger partial charge in [-0.25, -0.2) is 4.39 Å². The standard InChI is InChI=1S/C13H15ClFN3/c1-18-5-4-16-13(18)17-12-7-9(12)8-2-3-10(14)11(15)6-8/h2-3,6,9,12H,4-5,7H2,1H3,(H,16,17)/t9-,12+/m0/s1. The molecule has 0 radical (unpaired) electrons. The van der Waals surface area contributed by atoms with Gasteiger partial charge in [-0.2, -0.15) is 0 Å². The monoisotopic (exact) mass is 267 g/mol. The highest BCUT2D eigenvalue weighted by atomic mass is 35.5. The zero-order valence-corrected chi connectivity index (χ0v) is 10.9. The summed E-state index contributed by atoms with van der Waals surface area (Å²) in [6.45, 7) is 1.82. The first kappa shape index (κ1) is 11.8. The van der Waals surface area contributed by atoms with E-state index in [9.17, 15) is 4.39 Å². The van der Waals surface area contributed by atoms with E-state index in [1.165, 1.54) is 6.07 Å². The van der Waals surface area contributed by atoms with Crippen molar-refractivity contribution in [2.24, 2.45) is 4.99 Å². The minimum Gasteiger partial charge on any atom is -0.353 e. The van der Waals surface area contributed by atoms with E-state index in [0.717, 1.165) is 31.0 Å². The minimum atomic E-state index is -0.338. The maximum absolute atomic E-state index is 13.4. The molecule has 0 spiro atoms. The Hall–Kier alpha value is -1.29. The van der Waals surface area contributed by atoms with Crippen LogP contribution in [0, 0.1) is 5.82 Å². The first-order chi connectivity index (χ1) is 8.65. The minimum absolute atomic E-state index is 0.184. The largest absolute Gasteiger partial charge is 0.353 e. The Morgan fingerprint density at radius 1 is 1.50 bits per heavy atom. The average molecular weight is 268 g/mol. The van der Waals surface area contributed by atoms with E-state index in [0.29, 0.717) is 12.0 Å². The Morgan fingerprint density at radius 3 is 3.00 bits per heavy atom. The molecule has 1 aliphatic heterocycles. The zero-order chi connectivity index (χ0) is 12.7. The average Bonchev–Trinajstić information content (AvgIpc) is 2.99. The SMILES string of the molecule is CN1CCN=C1N[C@@H]1C[C@H]1c1ccc(Cl)c(F)c1. The van der Waals surface area contributed by atoms with Crippen LogP contribution < -0.4 is 5.32 Å². The van der Waals surface area contributed by atoms with Crippen molar-refractivity contribution in [3.63, 3.8) is 0 Å². The number of aliphatic imine (C=N–C) groups is 1. The van der Waals surface area contributed by atoms with Crippen LogP contribution in [0.15, 0.2) is 23.2 Å². The van der Waals surface area contributed by atoms with Gasteiger partial charge in [0, 0.05) is 25.6 Å². The summed E-state index contributed by atoms with van der Waals surface area (Å²) in [5.41, 5.74) is 1.01. The molecule has 1 N–H and O–H groups in total. The zero-order valence-electron chi connectivity index (χ0n) is 10.2. The van der Waals surface area contributed by atoms with E-state index in [2.05, 4.69) is 15.2 Å². The van der Waals surface area contributed by atoms with Crippen LogP contribution in [0.2, 0.25) is 5.02 Å². The molecule has 0 saturated heterocycles. The Labute approximate surface area is 111 Å². The summed E-state index contributed by atoms with van der Waals surface area (Å²) < 4.78 is 13.4. The summed E-state index contributed by atoms with van der Waals surface area (Å²) in [7, 11) is 2.03. The summed E-state index contributed by atoms with van der Waals surface area (Å²) in [5.74, 6) is 0.987. The van der Waals surface area contributed by atoms with Gasteiger partial charge in [0.1, 0.15) is 5.82 Å². The number of halogens is 2. The molecule has 1 aromatic rings. The van der Waals surface area contributed by atoms with Crippen molar-refractivity contribution in [1.29, 1.82) is 0 Å². The topological polar surface area (TPSA) is 27.6 Å². The lowest BCUT2D eigenvalue weighted by molar-refractivity contribution is 0.532. The Balaban J connectivity index is 1.65. The molecule has 1 fully saturated rings. The normalized spacial score (nSPS) is 26.2. The molecule has 0 unspecified atom stereocenters. The number of benzene rings is 1. The van der Waals surface area contributed by atoms with Crippen LogP contribution >= 0.6 is 11.6 Å². The van der Waals surface area contributed by atoms with E-state index in [4.69, 9.17) is 11.6 Å². The summed E-state index contributed by atoms with van der Waals surface area (Å²) >= 11 is 5.68. The van der Waals surface area contributed by atoms with Gasteiger partial charge >= 0.3 is 0 Å². The predicted octanol–water partition coefficient (Wildman–Crippen LogP) is 2.23. The van der Waals surface area contributed by atoms with Crippen molar-refractivity contribution in [2.45, 2.75) is 18.4 Å². The lowest BCUT2D eigenvalue weighted by Gasteiger charge is -2.15. The van der Waals surface area contributed by atoms with Crippen molar-refractivity contribution in [1.82, 2.24) is 10.2 Å².